The highest BCUT2D eigenvalue weighted by atomic mass is 35.5. The van der Waals surface area contributed by atoms with Crippen LogP contribution in [0.1, 0.15) is 22.3 Å². The van der Waals surface area contributed by atoms with E-state index < -0.39 is 0 Å². The zero-order valence-electron chi connectivity index (χ0n) is 13.4. The average Bonchev–Trinajstić information content (AvgIpc) is 2.95. The number of halogens is 1. The van der Waals surface area contributed by atoms with Gasteiger partial charge in [-0.1, -0.05) is 47.5 Å². The van der Waals surface area contributed by atoms with Crippen molar-refractivity contribution < 1.29 is 5.11 Å². The molecule has 0 saturated heterocycles. The SMILES string of the molecule is Cc1ccc(Cn2cc(CO)cc2-c2ccc(Cl)c(C)c2)cc1. The Morgan fingerprint density at radius 2 is 1.70 bits per heavy atom. The Bertz CT molecular complexity index is 818. The summed E-state index contributed by atoms with van der Waals surface area (Å²) in [7, 11) is 0. The summed E-state index contributed by atoms with van der Waals surface area (Å²) in [6.45, 7) is 4.91. The van der Waals surface area contributed by atoms with Crippen LogP contribution in [0.15, 0.2) is 54.7 Å². The van der Waals surface area contributed by atoms with E-state index in [2.05, 4.69) is 41.8 Å². The van der Waals surface area contributed by atoms with Gasteiger partial charge in [-0.3, -0.25) is 0 Å². The van der Waals surface area contributed by atoms with Gasteiger partial charge in [0.05, 0.1) is 6.61 Å². The molecule has 118 valence electrons. The number of hydrogen-bond donors (Lipinski definition) is 1. The maximum atomic E-state index is 9.49. The van der Waals surface area contributed by atoms with Crippen LogP contribution in [0.4, 0.5) is 0 Å². The quantitative estimate of drug-likeness (QED) is 0.720. The second-order valence-electron chi connectivity index (χ2n) is 5.97. The lowest BCUT2D eigenvalue weighted by Gasteiger charge is -2.11. The lowest BCUT2D eigenvalue weighted by atomic mass is 10.1. The molecule has 1 N–H and O–H groups in total. The Hall–Kier alpha value is -2.03. The van der Waals surface area contributed by atoms with Gasteiger partial charge in [-0.2, -0.15) is 0 Å². The molecular formula is C20H20ClNO. The molecule has 0 spiro atoms. The molecule has 0 aliphatic heterocycles. The fraction of sp³-hybridized carbons (Fsp3) is 0.200. The van der Waals surface area contributed by atoms with Crippen molar-refractivity contribution >= 4 is 11.6 Å². The molecule has 0 unspecified atom stereocenters. The third kappa shape index (κ3) is 3.49. The highest BCUT2D eigenvalue weighted by Crippen LogP contribution is 2.27. The maximum absolute atomic E-state index is 9.49. The van der Waals surface area contributed by atoms with Crippen LogP contribution in [0, 0.1) is 13.8 Å². The van der Waals surface area contributed by atoms with Gasteiger partial charge in [0.15, 0.2) is 0 Å². The Labute approximate surface area is 142 Å². The molecule has 0 fully saturated rings. The number of nitrogens with zero attached hydrogens (tertiary/aromatic N) is 1. The molecule has 3 aromatic rings. The van der Waals surface area contributed by atoms with Crippen molar-refractivity contribution in [3.63, 3.8) is 0 Å². The van der Waals surface area contributed by atoms with Crippen molar-refractivity contribution in [3.8, 4) is 11.3 Å². The Kier molecular flexibility index (Phi) is 4.56. The highest BCUT2D eigenvalue weighted by molar-refractivity contribution is 6.31. The molecule has 2 aromatic carbocycles. The third-order valence-corrected chi connectivity index (χ3v) is 4.49. The van der Waals surface area contributed by atoms with Crippen molar-refractivity contribution in [1.82, 2.24) is 4.57 Å². The first-order valence-corrected chi connectivity index (χ1v) is 8.06. The van der Waals surface area contributed by atoms with E-state index in [9.17, 15) is 5.11 Å². The first kappa shape index (κ1) is 15.9. The third-order valence-electron chi connectivity index (χ3n) is 4.06. The molecule has 0 radical (unpaired) electrons. The van der Waals surface area contributed by atoms with E-state index in [1.165, 1.54) is 11.1 Å². The molecule has 0 saturated carbocycles. The van der Waals surface area contributed by atoms with Gasteiger partial charge in [-0.25, -0.2) is 0 Å². The van der Waals surface area contributed by atoms with Crippen LogP contribution in [0.25, 0.3) is 11.3 Å². The second-order valence-corrected chi connectivity index (χ2v) is 6.38. The van der Waals surface area contributed by atoms with Crippen LogP contribution in [-0.4, -0.2) is 9.67 Å². The first-order chi connectivity index (χ1) is 11.1. The molecule has 23 heavy (non-hydrogen) atoms. The zero-order valence-corrected chi connectivity index (χ0v) is 14.1. The second kappa shape index (κ2) is 6.61. The number of rotatable bonds is 4. The first-order valence-electron chi connectivity index (χ1n) is 7.69. The van der Waals surface area contributed by atoms with Crippen LogP contribution in [0.5, 0.6) is 0 Å². The number of aliphatic hydroxyl groups excluding tert-OH is 1. The van der Waals surface area contributed by atoms with E-state index in [4.69, 9.17) is 11.6 Å². The van der Waals surface area contributed by atoms with Gasteiger partial charge in [-0.15, -0.1) is 0 Å². The largest absolute Gasteiger partial charge is 0.392 e. The van der Waals surface area contributed by atoms with Gasteiger partial charge in [0.25, 0.3) is 0 Å². The standard InChI is InChI=1S/C20H20ClNO/c1-14-3-5-16(6-4-14)11-22-12-17(13-23)10-20(22)18-7-8-19(21)15(2)9-18/h3-10,12,23H,11,13H2,1-2H3. The summed E-state index contributed by atoms with van der Waals surface area (Å²) in [6.07, 6.45) is 2.01. The summed E-state index contributed by atoms with van der Waals surface area (Å²) in [4.78, 5) is 0. The number of hydrogen-bond acceptors (Lipinski definition) is 1. The van der Waals surface area contributed by atoms with E-state index in [0.29, 0.717) is 0 Å². The molecule has 0 amide bonds. The molecule has 3 rings (SSSR count). The van der Waals surface area contributed by atoms with Gasteiger partial charge < -0.3 is 9.67 Å². The summed E-state index contributed by atoms with van der Waals surface area (Å²) < 4.78 is 2.18. The van der Waals surface area contributed by atoms with E-state index in [0.717, 1.165) is 34.0 Å². The molecular weight excluding hydrogens is 306 g/mol. The van der Waals surface area contributed by atoms with Crippen molar-refractivity contribution in [2.24, 2.45) is 0 Å². The lowest BCUT2D eigenvalue weighted by Crippen LogP contribution is -2.00. The summed E-state index contributed by atoms with van der Waals surface area (Å²) in [5.74, 6) is 0. The number of benzene rings is 2. The predicted octanol–water partition coefficient (Wildman–Crippen LogP) is 4.97. The molecule has 0 aliphatic rings. The van der Waals surface area contributed by atoms with Crippen LogP contribution < -0.4 is 0 Å². The summed E-state index contributed by atoms with van der Waals surface area (Å²) in [5.41, 5.74) is 6.67. The summed E-state index contributed by atoms with van der Waals surface area (Å²) >= 11 is 6.14. The predicted molar refractivity (Wildman–Crippen MR) is 95.8 cm³/mol. The van der Waals surface area contributed by atoms with E-state index in [1.54, 1.807) is 0 Å². The fourth-order valence-corrected chi connectivity index (χ4v) is 2.84. The molecule has 2 nitrogen and oxygen atoms in total. The van der Waals surface area contributed by atoms with E-state index in [-0.39, 0.29) is 6.61 Å². The minimum Gasteiger partial charge on any atom is -0.392 e. The summed E-state index contributed by atoms with van der Waals surface area (Å²) in [6, 6.07) is 16.6. The Morgan fingerprint density at radius 1 is 0.957 bits per heavy atom. The highest BCUT2D eigenvalue weighted by Gasteiger charge is 2.10. The van der Waals surface area contributed by atoms with E-state index >= 15 is 0 Å². The molecule has 0 atom stereocenters. The van der Waals surface area contributed by atoms with Gasteiger partial charge in [0, 0.05) is 23.5 Å². The van der Waals surface area contributed by atoms with Crippen LogP contribution in [-0.2, 0) is 13.2 Å². The number of aryl methyl sites for hydroxylation is 2. The molecule has 0 aliphatic carbocycles. The summed E-state index contributed by atoms with van der Waals surface area (Å²) in [5, 5.41) is 10.3. The van der Waals surface area contributed by atoms with Crippen LogP contribution in [0.2, 0.25) is 5.02 Å². The topological polar surface area (TPSA) is 25.2 Å². The Balaban J connectivity index is 2.00. The van der Waals surface area contributed by atoms with Gasteiger partial charge in [0.2, 0.25) is 0 Å². The number of aromatic nitrogens is 1. The van der Waals surface area contributed by atoms with Crippen LogP contribution in [0.3, 0.4) is 0 Å². The van der Waals surface area contributed by atoms with Crippen molar-refractivity contribution in [1.29, 1.82) is 0 Å². The molecule has 0 bridgehead atoms. The van der Waals surface area contributed by atoms with E-state index in [1.807, 2.05) is 31.3 Å². The normalized spacial score (nSPS) is 11.0. The van der Waals surface area contributed by atoms with Gasteiger partial charge in [0.1, 0.15) is 0 Å². The van der Waals surface area contributed by atoms with Crippen molar-refractivity contribution in [2.45, 2.75) is 27.0 Å². The van der Waals surface area contributed by atoms with Crippen LogP contribution >= 0.6 is 11.6 Å². The average molecular weight is 326 g/mol. The minimum absolute atomic E-state index is 0.0421. The molecule has 1 heterocycles. The zero-order chi connectivity index (χ0) is 16.4. The molecule has 1 aromatic heterocycles. The fourth-order valence-electron chi connectivity index (χ4n) is 2.73. The van der Waals surface area contributed by atoms with Crippen molar-refractivity contribution in [3.05, 3.63) is 82.0 Å². The molecule has 3 heteroatoms. The number of aliphatic hydroxyl groups is 1. The lowest BCUT2D eigenvalue weighted by molar-refractivity contribution is 0.282. The van der Waals surface area contributed by atoms with Gasteiger partial charge >= 0.3 is 0 Å². The maximum Gasteiger partial charge on any atom is 0.0696 e. The Morgan fingerprint density at radius 3 is 2.35 bits per heavy atom. The van der Waals surface area contributed by atoms with Crippen molar-refractivity contribution in [2.75, 3.05) is 0 Å². The smallest absolute Gasteiger partial charge is 0.0696 e. The van der Waals surface area contributed by atoms with Gasteiger partial charge in [-0.05, 0) is 54.3 Å². The monoisotopic (exact) mass is 325 g/mol. The minimum atomic E-state index is 0.0421.